The van der Waals surface area contributed by atoms with Crippen molar-refractivity contribution in [3.8, 4) is 0 Å². The van der Waals surface area contributed by atoms with Gasteiger partial charge in [-0.3, -0.25) is 0 Å². The SMILES string of the molecule is CCCCCCC(C)Nc1nnc(CNCCOC)o1. The van der Waals surface area contributed by atoms with Crippen LogP contribution in [0.5, 0.6) is 0 Å². The van der Waals surface area contributed by atoms with E-state index < -0.39 is 0 Å². The number of hydrogen-bond donors (Lipinski definition) is 2. The van der Waals surface area contributed by atoms with Gasteiger partial charge in [0.2, 0.25) is 5.89 Å². The average Bonchev–Trinajstić information content (AvgIpc) is 2.87. The van der Waals surface area contributed by atoms with Crippen molar-refractivity contribution in [1.82, 2.24) is 15.5 Å². The van der Waals surface area contributed by atoms with Gasteiger partial charge in [-0.15, -0.1) is 5.10 Å². The summed E-state index contributed by atoms with van der Waals surface area (Å²) < 4.78 is 10.5. The number of rotatable bonds is 12. The second-order valence-electron chi connectivity index (χ2n) is 5.07. The van der Waals surface area contributed by atoms with Crippen molar-refractivity contribution < 1.29 is 9.15 Å². The Morgan fingerprint density at radius 2 is 2.10 bits per heavy atom. The van der Waals surface area contributed by atoms with Gasteiger partial charge < -0.3 is 19.8 Å². The molecule has 0 saturated carbocycles. The molecule has 0 saturated heterocycles. The fraction of sp³-hybridized carbons (Fsp3) is 0.857. The molecule has 1 aromatic rings. The lowest BCUT2D eigenvalue weighted by Gasteiger charge is -2.10. The fourth-order valence-corrected chi connectivity index (χ4v) is 1.91. The summed E-state index contributed by atoms with van der Waals surface area (Å²) in [6, 6.07) is 0.873. The van der Waals surface area contributed by atoms with Gasteiger partial charge in [-0.05, 0) is 13.3 Å². The molecule has 0 fully saturated rings. The van der Waals surface area contributed by atoms with Gasteiger partial charge in [0.15, 0.2) is 0 Å². The van der Waals surface area contributed by atoms with Crippen molar-refractivity contribution in [2.75, 3.05) is 25.6 Å². The average molecular weight is 284 g/mol. The van der Waals surface area contributed by atoms with Crippen LogP contribution in [0.3, 0.4) is 0 Å². The highest BCUT2D eigenvalue weighted by atomic mass is 16.5. The zero-order valence-electron chi connectivity index (χ0n) is 12.9. The Labute approximate surface area is 121 Å². The number of ether oxygens (including phenoxy) is 1. The lowest BCUT2D eigenvalue weighted by molar-refractivity contribution is 0.198. The molecule has 0 aliphatic rings. The molecular weight excluding hydrogens is 256 g/mol. The Bertz CT molecular complexity index is 344. The lowest BCUT2D eigenvalue weighted by atomic mass is 10.1. The minimum atomic E-state index is 0.363. The second kappa shape index (κ2) is 10.6. The molecule has 0 aliphatic heterocycles. The number of hydrogen-bond acceptors (Lipinski definition) is 6. The zero-order valence-corrected chi connectivity index (χ0v) is 12.9. The van der Waals surface area contributed by atoms with Crippen molar-refractivity contribution in [2.45, 2.75) is 58.5 Å². The predicted molar refractivity (Wildman–Crippen MR) is 79.7 cm³/mol. The van der Waals surface area contributed by atoms with Crippen LogP contribution in [0.15, 0.2) is 4.42 Å². The summed E-state index contributed by atoms with van der Waals surface area (Å²) in [6.45, 7) is 6.39. The first-order chi connectivity index (χ1) is 9.76. The summed E-state index contributed by atoms with van der Waals surface area (Å²) in [7, 11) is 1.68. The molecule has 0 bridgehead atoms. The molecular formula is C14H28N4O2. The van der Waals surface area contributed by atoms with Crippen LogP contribution in [0.25, 0.3) is 0 Å². The third-order valence-electron chi connectivity index (χ3n) is 3.09. The Morgan fingerprint density at radius 1 is 1.25 bits per heavy atom. The monoisotopic (exact) mass is 284 g/mol. The van der Waals surface area contributed by atoms with Crippen molar-refractivity contribution in [3.05, 3.63) is 5.89 Å². The molecule has 0 aromatic carbocycles. The van der Waals surface area contributed by atoms with Crippen LogP contribution < -0.4 is 10.6 Å². The molecule has 1 unspecified atom stereocenters. The van der Waals surface area contributed by atoms with E-state index >= 15 is 0 Å². The Morgan fingerprint density at radius 3 is 2.85 bits per heavy atom. The summed E-state index contributed by atoms with van der Waals surface area (Å²) in [5, 5.41) is 14.4. The molecule has 1 heterocycles. The maximum atomic E-state index is 5.53. The van der Waals surface area contributed by atoms with E-state index in [2.05, 4.69) is 34.7 Å². The van der Waals surface area contributed by atoms with Crippen LogP contribution in [0.1, 0.15) is 51.8 Å². The number of nitrogens with one attached hydrogen (secondary N) is 2. The third kappa shape index (κ3) is 7.45. The number of anilines is 1. The Hall–Kier alpha value is -1.14. The van der Waals surface area contributed by atoms with E-state index in [1.807, 2.05) is 0 Å². The van der Waals surface area contributed by atoms with Gasteiger partial charge in [0, 0.05) is 19.7 Å². The smallest absolute Gasteiger partial charge is 0.315 e. The highest BCUT2D eigenvalue weighted by Crippen LogP contribution is 2.11. The van der Waals surface area contributed by atoms with E-state index in [-0.39, 0.29) is 0 Å². The minimum absolute atomic E-state index is 0.363. The first-order valence-electron chi connectivity index (χ1n) is 7.54. The molecule has 20 heavy (non-hydrogen) atoms. The first-order valence-corrected chi connectivity index (χ1v) is 7.54. The summed E-state index contributed by atoms with van der Waals surface area (Å²) in [5.74, 6) is 0.599. The van der Waals surface area contributed by atoms with Gasteiger partial charge in [0.1, 0.15) is 0 Å². The molecule has 0 radical (unpaired) electrons. The molecule has 1 aromatic heterocycles. The molecule has 0 spiro atoms. The first kappa shape index (κ1) is 16.9. The predicted octanol–water partition coefficient (Wildman–Crippen LogP) is 2.58. The minimum Gasteiger partial charge on any atom is -0.407 e. The van der Waals surface area contributed by atoms with E-state index in [1.54, 1.807) is 7.11 Å². The van der Waals surface area contributed by atoms with Crippen molar-refractivity contribution >= 4 is 6.01 Å². The van der Waals surface area contributed by atoms with E-state index in [0.29, 0.717) is 31.1 Å². The van der Waals surface area contributed by atoms with E-state index in [0.717, 1.165) is 13.0 Å². The van der Waals surface area contributed by atoms with Gasteiger partial charge in [-0.2, -0.15) is 0 Å². The topological polar surface area (TPSA) is 72.2 Å². The van der Waals surface area contributed by atoms with Gasteiger partial charge in [-0.25, -0.2) is 0 Å². The molecule has 1 atom stereocenters. The molecule has 2 N–H and O–H groups in total. The standard InChI is InChI=1S/C14H28N4O2/c1-4-5-6-7-8-12(2)16-14-18-17-13(20-14)11-15-9-10-19-3/h12,15H,4-11H2,1-3H3,(H,16,18). The number of unbranched alkanes of at least 4 members (excludes halogenated alkanes) is 3. The number of methoxy groups -OCH3 is 1. The Balaban J connectivity index is 2.18. The van der Waals surface area contributed by atoms with E-state index in [9.17, 15) is 0 Å². The highest BCUT2D eigenvalue weighted by molar-refractivity contribution is 5.18. The highest BCUT2D eigenvalue weighted by Gasteiger charge is 2.08. The quantitative estimate of drug-likeness (QED) is 0.575. The summed E-state index contributed by atoms with van der Waals surface area (Å²) in [4.78, 5) is 0. The molecule has 0 aliphatic carbocycles. The van der Waals surface area contributed by atoms with Crippen molar-refractivity contribution in [2.24, 2.45) is 0 Å². The summed E-state index contributed by atoms with van der Waals surface area (Å²) >= 11 is 0. The van der Waals surface area contributed by atoms with Gasteiger partial charge in [0.25, 0.3) is 0 Å². The van der Waals surface area contributed by atoms with Crippen LogP contribution in [-0.2, 0) is 11.3 Å². The second-order valence-corrected chi connectivity index (χ2v) is 5.07. The summed E-state index contributed by atoms with van der Waals surface area (Å²) in [6.07, 6.45) is 6.24. The number of nitrogens with zero attached hydrogens (tertiary/aromatic N) is 2. The summed E-state index contributed by atoms with van der Waals surface area (Å²) in [5.41, 5.74) is 0. The normalized spacial score (nSPS) is 12.6. The third-order valence-corrected chi connectivity index (χ3v) is 3.09. The van der Waals surface area contributed by atoms with E-state index in [4.69, 9.17) is 9.15 Å². The van der Waals surface area contributed by atoms with Crippen LogP contribution in [0.4, 0.5) is 6.01 Å². The van der Waals surface area contributed by atoms with Gasteiger partial charge in [0.05, 0.1) is 13.2 Å². The molecule has 6 nitrogen and oxygen atoms in total. The molecule has 1 rings (SSSR count). The largest absolute Gasteiger partial charge is 0.407 e. The van der Waals surface area contributed by atoms with Gasteiger partial charge >= 0.3 is 6.01 Å². The molecule has 0 amide bonds. The maximum Gasteiger partial charge on any atom is 0.315 e. The fourth-order valence-electron chi connectivity index (χ4n) is 1.91. The van der Waals surface area contributed by atoms with Crippen LogP contribution in [-0.4, -0.2) is 36.5 Å². The lowest BCUT2D eigenvalue weighted by Crippen LogP contribution is -2.18. The van der Waals surface area contributed by atoms with Gasteiger partial charge in [-0.1, -0.05) is 37.7 Å². The van der Waals surface area contributed by atoms with Crippen LogP contribution >= 0.6 is 0 Å². The molecule has 116 valence electrons. The van der Waals surface area contributed by atoms with Crippen molar-refractivity contribution in [3.63, 3.8) is 0 Å². The van der Waals surface area contributed by atoms with Crippen LogP contribution in [0.2, 0.25) is 0 Å². The molecule has 6 heteroatoms. The number of aromatic nitrogens is 2. The Kier molecular flexibility index (Phi) is 8.98. The maximum absolute atomic E-state index is 5.53. The van der Waals surface area contributed by atoms with Crippen LogP contribution in [0, 0.1) is 0 Å². The van der Waals surface area contributed by atoms with Crippen molar-refractivity contribution in [1.29, 1.82) is 0 Å². The zero-order chi connectivity index (χ0) is 14.6. The van der Waals surface area contributed by atoms with E-state index in [1.165, 1.54) is 25.7 Å².